The summed E-state index contributed by atoms with van der Waals surface area (Å²) < 4.78 is 21.7. The molecular formula is C58H116I2O3. The normalized spacial score (nSPS) is 19.0. The molecule has 0 aromatic heterocycles. The fourth-order valence-corrected chi connectivity index (χ4v) is 13.4. The third kappa shape index (κ3) is 42.0. The van der Waals surface area contributed by atoms with Crippen LogP contribution in [0.1, 0.15) is 277 Å². The summed E-state index contributed by atoms with van der Waals surface area (Å²) in [6.45, 7) is 35.9. The Kier molecular flexibility index (Phi) is 43.1. The molecule has 0 amide bonds. The van der Waals surface area contributed by atoms with Gasteiger partial charge in [0.05, 0.1) is 0 Å². The molecule has 0 aromatic carbocycles. The van der Waals surface area contributed by atoms with Crippen molar-refractivity contribution in [2.24, 2.45) is 59.2 Å². The van der Waals surface area contributed by atoms with Crippen molar-refractivity contribution in [2.75, 3.05) is 13.2 Å². The lowest BCUT2D eigenvalue weighted by atomic mass is 9.82. The molecule has 380 valence electrons. The molecule has 0 aromatic rings. The highest BCUT2D eigenvalue weighted by Gasteiger charge is 2.22. The van der Waals surface area contributed by atoms with E-state index in [0.29, 0.717) is 0 Å². The van der Waals surface area contributed by atoms with Crippen LogP contribution in [-0.2, 0) is 14.2 Å². The zero-order valence-electron chi connectivity index (χ0n) is 45.3. The minimum Gasteiger partial charge on any atom is -0.353 e. The molecule has 5 heteroatoms. The van der Waals surface area contributed by atoms with Gasteiger partial charge in [0, 0.05) is 21.1 Å². The van der Waals surface area contributed by atoms with Crippen LogP contribution >= 0.6 is 45.2 Å². The molecule has 3 nitrogen and oxygen atoms in total. The van der Waals surface area contributed by atoms with Gasteiger partial charge in [0.1, 0.15) is 0 Å². The van der Waals surface area contributed by atoms with E-state index < -0.39 is 0 Å². The van der Waals surface area contributed by atoms with E-state index >= 15 is 0 Å². The van der Waals surface area contributed by atoms with Crippen LogP contribution in [0, 0.1) is 59.2 Å². The Labute approximate surface area is 425 Å². The van der Waals surface area contributed by atoms with Crippen molar-refractivity contribution in [3.05, 3.63) is 0 Å². The maximum atomic E-state index is 6.90. The molecule has 0 aliphatic carbocycles. The van der Waals surface area contributed by atoms with Gasteiger partial charge in [0.2, 0.25) is 0 Å². The van der Waals surface area contributed by atoms with Crippen molar-refractivity contribution in [2.45, 2.75) is 297 Å². The highest BCUT2D eigenvalue weighted by Crippen LogP contribution is 2.32. The Bertz CT molecular complexity index is 886. The Balaban J connectivity index is 5.31. The lowest BCUT2D eigenvalue weighted by Gasteiger charge is -2.27. The van der Waals surface area contributed by atoms with Crippen LogP contribution in [-0.4, -0.2) is 33.6 Å². The molecule has 0 radical (unpaired) electrons. The van der Waals surface area contributed by atoms with Gasteiger partial charge in [-0.25, -0.2) is 0 Å². The van der Waals surface area contributed by atoms with Gasteiger partial charge >= 0.3 is 0 Å². The Morgan fingerprint density at radius 3 is 0.825 bits per heavy atom. The molecule has 0 aliphatic heterocycles. The Morgan fingerprint density at radius 2 is 0.540 bits per heavy atom. The van der Waals surface area contributed by atoms with Crippen molar-refractivity contribution < 1.29 is 14.2 Å². The van der Waals surface area contributed by atoms with E-state index in [-0.39, 0.29) is 12.6 Å². The van der Waals surface area contributed by atoms with Crippen LogP contribution < -0.4 is 0 Å². The van der Waals surface area contributed by atoms with Crippen LogP contribution in [0.5, 0.6) is 0 Å². The first-order valence-corrected chi connectivity index (χ1v) is 30.6. The van der Waals surface area contributed by atoms with E-state index in [2.05, 4.69) is 142 Å². The minimum atomic E-state index is -0.159. The van der Waals surface area contributed by atoms with Crippen molar-refractivity contribution in [1.29, 1.82) is 0 Å². The second kappa shape index (κ2) is 42.2. The minimum absolute atomic E-state index is 0.159. The van der Waals surface area contributed by atoms with Gasteiger partial charge in [0.15, 0.2) is 12.6 Å². The first kappa shape index (κ1) is 64.3. The first-order valence-electron chi connectivity index (χ1n) is 28.1. The summed E-state index contributed by atoms with van der Waals surface area (Å²) >= 11 is 5.19. The van der Waals surface area contributed by atoms with E-state index in [1.54, 1.807) is 0 Å². The molecule has 0 aliphatic rings. The third-order valence-electron chi connectivity index (χ3n) is 14.1. The van der Waals surface area contributed by atoms with Crippen LogP contribution in [0.4, 0.5) is 0 Å². The first-order chi connectivity index (χ1) is 29.9. The lowest BCUT2D eigenvalue weighted by molar-refractivity contribution is -0.250. The van der Waals surface area contributed by atoms with E-state index in [9.17, 15) is 0 Å². The molecule has 0 bridgehead atoms. The van der Waals surface area contributed by atoms with Crippen LogP contribution in [0.15, 0.2) is 0 Å². The van der Waals surface area contributed by atoms with Gasteiger partial charge in [-0.1, -0.05) is 219 Å². The smallest absolute Gasteiger partial charge is 0.160 e. The van der Waals surface area contributed by atoms with E-state index in [1.807, 2.05) is 0 Å². The quantitative estimate of drug-likeness (QED) is 0.0263. The number of halogens is 2. The van der Waals surface area contributed by atoms with Crippen molar-refractivity contribution in [1.82, 2.24) is 0 Å². The van der Waals surface area contributed by atoms with E-state index in [0.717, 1.165) is 106 Å². The van der Waals surface area contributed by atoms with Crippen LogP contribution in [0.2, 0.25) is 0 Å². The number of alkyl halides is 2. The molecule has 0 saturated carbocycles. The predicted molar refractivity (Wildman–Crippen MR) is 300 cm³/mol. The largest absolute Gasteiger partial charge is 0.353 e. The number of hydrogen-bond acceptors (Lipinski definition) is 3. The molecule has 0 N–H and O–H groups in total. The van der Waals surface area contributed by atoms with Crippen molar-refractivity contribution in [3.63, 3.8) is 0 Å². The summed E-state index contributed by atoms with van der Waals surface area (Å²) in [4.78, 5) is 0. The molecule has 14 atom stereocenters. The Hall–Kier alpha value is 1.34. The molecule has 0 fully saturated rings. The zero-order valence-corrected chi connectivity index (χ0v) is 49.6. The van der Waals surface area contributed by atoms with Crippen molar-refractivity contribution >= 4 is 45.2 Å². The summed E-state index contributed by atoms with van der Waals surface area (Å²) in [7, 11) is 0. The molecule has 0 heterocycles. The maximum absolute atomic E-state index is 6.90. The van der Waals surface area contributed by atoms with E-state index in [1.165, 1.54) is 154 Å². The summed E-state index contributed by atoms with van der Waals surface area (Å²) in [6, 6.07) is 0. The monoisotopic (exact) mass is 1110 g/mol. The number of hydrogen-bond donors (Lipinski definition) is 0. The van der Waals surface area contributed by atoms with E-state index in [4.69, 9.17) is 14.2 Å². The number of rotatable bonds is 46. The fraction of sp³-hybridized carbons (Fsp3) is 1.00. The van der Waals surface area contributed by atoms with Crippen molar-refractivity contribution in [3.8, 4) is 0 Å². The second-order valence-corrected chi connectivity index (χ2v) is 27.4. The highest BCUT2D eigenvalue weighted by atomic mass is 127. The standard InChI is InChI=1S/C58H116I2O3/c1-15-17-19-21-23-25-33-61-57(31-27-29-45(3)35-47(5)37-49(7)39-51(9)41-53(11)43-55(13)59)63-58(62-34-26-24-22-20-18-16-2)32-28-30-46(4)36-48(6)38-50(8)40-52(10)42-54(12)44-56(14)60/h45-58H,15-44H2,1-14H3. The topological polar surface area (TPSA) is 27.7 Å². The van der Waals surface area contributed by atoms with Gasteiger partial charge in [0.25, 0.3) is 0 Å². The lowest BCUT2D eigenvalue weighted by Crippen LogP contribution is -2.28. The summed E-state index contributed by atoms with van der Waals surface area (Å²) in [5, 5.41) is 0. The maximum Gasteiger partial charge on any atom is 0.160 e. The van der Waals surface area contributed by atoms with Gasteiger partial charge in [-0.05, 0) is 162 Å². The molecule has 14 unspecified atom stereocenters. The average Bonchev–Trinajstić information content (AvgIpc) is 3.15. The summed E-state index contributed by atoms with van der Waals surface area (Å²) in [6.07, 6.45) is 35.6. The van der Waals surface area contributed by atoms with Crippen LogP contribution in [0.3, 0.4) is 0 Å². The second-order valence-electron chi connectivity index (χ2n) is 23.1. The molecular weight excluding hydrogens is 998 g/mol. The third-order valence-corrected chi connectivity index (χ3v) is 15.1. The number of unbranched alkanes of at least 4 members (excludes halogenated alkanes) is 10. The Morgan fingerprint density at radius 1 is 0.286 bits per heavy atom. The molecule has 0 rings (SSSR count). The van der Waals surface area contributed by atoms with Crippen LogP contribution in [0.25, 0.3) is 0 Å². The molecule has 0 spiro atoms. The SMILES string of the molecule is CCCCCCCCOC(CCCC(C)CC(C)CC(C)CC(C)CC(C)CC(C)I)OC(CCCC(C)CC(C)CC(C)CC(C)CC(C)CC(C)I)OCCCCCCCC. The zero-order chi connectivity index (χ0) is 47.4. The van der Waals surface area contributed by atoms with Gasteiger partial charge in [-0.15, -0.1) is 0 Å². The summed E-state index contributed by atoms with van der Waals surface area (Å²) in [5.41, 5.74) is 0. The summed E-state index contributed by atoms with van der Waals surface area (Å²) in [5.74, 6) is 8.03. The molecule has 63 heavy (non-hydrogen) atoms. The van der Waals surface area contributed by atoms with Gasteiger partial charge in [-0.2, -0.15) is 0 Å². The van der Waals surface area contributed by atoms with Gasteiger partial charge in [-0.3, -0.25) is 0 Å². The molecule has 0 saturated heterocycles. The fourth-order valence-electron chi connectivity index (χ4n) is 11.6. The average molecular weight is 1120 g/mol. The highest BCUT2D eigenvalue weighted by molar-refractivity contribution is 14.1. The predicted octanol–water partition coefficient (Wildman–Crippen LogP) is 20.7. The van der Waals surface area contributed by atoms with Gasteiger partial charge < -0.3 is 14.2 Å². The number of ether oxygens (including phenoxy) is 3.